The van der Waals surface area contributed by atoms with Crippen molar-refractivity contribution in [2.24, 2.45) is 11.8 Å². The van der Waals surface area contributed by atoms with E-state index in [0.29, 0.717) is 24.3 Å². The van der Waals surface area contributed by atoms with Crippen molar-refractivity contribution in [2.45, 2.75) is 117 Å². The standard InChI is InChI=1S/C28H47B/c1-21(2)24(6)29(25(7)22(3)4)28(23(5)26-17-15-12-16-18-26)27-19-13-10-8-9-11-14-20-27/h12,15-18,21-25H,8-11,13-14,19-20H2,1-7H3. The predicted octanol–water partition coefficient (Wildman–Crippen LogP) is 9.35. The molecule has 29 heavy (non-hydrogen) atoms. The maximum absolute atomic E-state index is 2.53. The molecule has 1 aromatic carbocycles. The van der Waals surface area contributed by atoms with Gasteiger partial charge in [0.2, 0.25) is 0 Å². The Balaban J connectivity index is 2.59. The minimum atomic E-state index is 0.527. The van der Waals surface area contributed by atoms with Crippen LogP contribution in [0.3, 0.4) is 0 Å². The Morgan fingerprint density at radius 3 is 1.55 bits per heavy atom. The maximum Gasteiger partial charge on any atom is 0.177 e. The molecule has 1 aliphatic rings. The van der Waals surface area contributed by atoms with E-state index in [2.05, 4.69) is 78.8 Å². The highest BCUT2D eigenvalue weighted by Gasteiger charge is 2.37. The number of hydrogen-bond donors (Lipinski definition) is 0. The van der Waals surface area contributed by atoms with Gasteiger partial charge in [-0.1, -0.05) is 139 Å². The zero-order valence-electron chi connectivity index (χ0n) is 20.5. The highest BCUT2D eigenvalue weighted by molar-refractivity contribution is 6.70. The third-order valence-corrected chi connectivity index (χ3v) is 7.98. The fraction of sp³-hybridized carbons (Fsp3) is 0.714. The van der Waals surface area contributed by atoms with E-state index in [0.717, 1.165) is 11.8 Å². The largest absolute Gasteiger partial charge is 0.177 e. The van der Waals surface area contributed by atoms with Crippen LogP contribution in [0.2, 0.25) is 11.6 Å². The van der Waals surface area contributed by atoms with E-state index >= 15 is 0 Å². The lowest BCUT2D eigenvalue weighted by atomic mass is 9.26. The average Bonchev–Trinajstić information content (AvgIpc) is 2.85. The van der Waals surface area contributed by atoms with Crippen molar-refractivity contribution in [2.75, 3.05) is 0 Å². The van der Waals surface area contributed by atoms with Crippen molar-refractivity contribution in [1.82, 2.24) is 0 Å². The summed E-state index contributed by atoms with van der Waals surface area (Å²) in [6, 6.07) is 11.3. The summed E-state index contributed by atoms with van der Waals surface area (Å²) in [6.07, 6.45) is 11.1. The molecule has 0 aromatic heterocycles. The first-order valence-corrected chi connectivity index (χ1v) is 12.6. The molecule has 0 radical (unpaired) electrons. The summed E-state index contributed by atoms with van der Waals surface area (Å²) in [7, 11) is 0. The Bertz CT molecular complexity index is 586. The van der Waals surface area contributed by atoms with Crippen LogP contribution in [0.15, 0.2) is 41.4 Å². The molecule has 1 fully saturated rings. The van der Waals surface area contributed by atoms with Crippen LogP contribution in [0.1, 0.15) is 111 Å². The van der Waals surface area contributed by atoms with E-state index in [9.17, 15) is 0 Å². The minimum absolute atomic E-state index is 0.527. The smallest absolute Gasteiger partial charge is 0.0943 e. The van der Waals surface area contributed by atoms with Crippen LogP contribution in [0, 0.1) is 11.8 Å². The molecule has 0 amide bonds. The zero-order chi connectivity index (χ0) is 21.4. The molecule has 3 atom stereocenters. The Morgan fingerprint density at radius 1 is 0.655 bits per heavy atom. The second kappa shape index (κ2) is 12.0. The minimum Gasteiger partial charge on any atom is -0.0943 e. The quantitative estimate of drug-likeness (QED) is 0.404. The molecular weight excluding hydrogens is 347 g/mol. The van der Waals surface area contributed by atoms with E-state index in [1.54, 1.807) is 0 Å². The van der Waals surface area contributed by atoms with Crippen LogP contribution in [-0.4, -0.2) is 6.71 Å². The third kappa shape index (κ3) is 6.76. The maximum atomic E-state index is 2.53. The molecule has 0 saturated heterocycles. The summed E-state index contributed by atoms with van der Waals surface area (Å²) in [5, 5.41) is 0. The summed E-state index contributed by atoms with van der Waals surface area (Å²) in [6.45, 7) is 18.0. The molecule has 2 rings (SSSR count). The fourth-order valence-electron chi connectivity index (χ4n) is 5.42. The Hall–Kier alpha value is -0.975. The highest BCUT2D eigenvalue weighted by atomic mass is 14.2. The topological polar surface area (TPSA) is 0 Å². The normalized spacial score (nSPS) is 19.3. The number of allylic oxidation sites excluding steroid dienone is 2. The number of hydrogen-bond acceptors (Lipinski definition) is 0. The van der Waals surface area contributed by atoms with E-state index < -0.39 is 0 Å². The van der Waals surface area contributed by atoms with Gasteiger partial charge in [0, 0.05) is 0 Å². The lowest BCUT2D eigenvalue weighted by Gasteiger charge is -2.38. The number of benzene rings is 1. The molecule has 0 spiro atoms. The van der Waals surface area contributed by atoms with E-state index in [4.69, 9.17) is 0 Å². The predicted molar refractivity (Wildman–Crippen MR) is 133 cm³/mol. The van der Waals surface area contributed by atoms with Crippen LogP contribution in [0.4, 0.5) is 0 Å². The van der Waals surface area contributed by atoms with Gasteiger partial charge in [0.1, 0.15) is 0 Å². The summed E-state index contributed by atoms with van der Waals surface area (Å²) in [4.78, 5) is 0. The Kier molecular flexibility index (Phi) is 10.1. The summed E-state index contributed by atoms with van der Waals surface area (Å²) in [5.41, 5.74) is 5.15. The molecular formula is C28H47B. The monoisotopic (exact) mass is 394 g/mol. The molecule has 0 heterocycles. The zero-order valence-corrected chi connectivity index (χ0v) is 20.5. The summed E-state index contributed by atoms with van der Waals surface area (Å²) < 4.78 is 0. The van der Waals surface area contributed by atoms with Gasteiger partial charge in [-0.05, 0) is 37.2 Å². The molecule has 3 unspecified atom stereocenters. The van der Waals surface area contributed by atoms with Crippen LogP contribution in [0.25, 0.3) is 0 Å². The second-order valence-corrected chi connectivity index (χ2v) is 10.5. The fourth-order valence-corrected chi connectivity index (χ4v) is 5.42. The van der Waals surface area contributed by atoms with Gasteiger partial charge in [0.25, 0.3) is 0 Å². The van der Waals surface area contributed by atoms with Crippen molar-refractivity contribution < 1.29 is 0 Å². The first-order chi connectivity index (χ1) is 13.8. The van der Waals surface area contributed by atoms with Gasteiger partial charge in [-0.3, -0.25) is 0 Å². The van der Waals surface area contributed by atoms with E-state index in [-0.39, 0.29) is 0 Å². The van der Waals surface area contributed by atoms with Crippen LogP contribution in [0.5, 0.6) is 0 Å². The van der Waals surface area contributed by atoms with Crippen LogP contribution in [-0.2, 0) is 0 Å². The summed E-state index contributed by atoms with van der Waals surface area (Å²) in [5.74, 6) is 3.40. The number of rotatable bonds is 7. The average molecular weight is 394 g/mol. The van der Waals surface area contributed by atoms with Gasteiger partial charge < -0.3 is 0 Å². The highest BCUT2D eigenvalue weighted by Crippen LogP contribution is 2.44. The molecule has 1 heteroatoms. The van der Waals surface area contributed by atoms with Crippen molar-refractivity contribution in [3.05, 3.63) is 46.9 Å². The van der Waals surface area contributed by atoms with Crippen molar-refractivity contribution in [1.29, 1.82) is 0 Å². The van der Waals surface area contributed by atoms with Gasteiger partial charge in [-0.2, -0.15) is 0 Å². The first kappa shape index (κ1) is 24.3. The molecule has 162 valence electrons. The summed E-state index contributed by atoms with van der Waals surface area (Å²) >= 11 is 0. The molecule has 0 aliphatic heterocycles. The molecule has 1 aromatic rings. The van der Waals surface area contributed by atoms with Crippen LogP contribution < -0.4 is 0 Å². The molecule has 0 N–H and O–H groups in total. The van der Waals surface area contributed by atoms with Crippen molar-refractivity contribution >= 4 is 6.71 Å². The van der Waals surface area contributed by atoms with Gasteiger partial charge in [0.15, 0.2) is 6.71 Å². The van der Waals surface area contributed by atoms with Gasteiger partial charge in [0.05, 0.1) is 0 Å². The second-order valence-electron chi connectivity index (χ2n) is 10.5. The third-order valence-electron chi connectivity index (χ3n) is 7.98. The Labute approximate surface area is 183 Å². The molecule has 1 saturated carbocycles. The van der Waals surface area contributed by atoms with Gasteiger partial charge >= 0.3 is 0 Å². The van der Waals surface area contributed by atoms with Crippen LogP contribution >= 0.6 is 0 Å². The van der Waals surface area contributed by atoms with Gasteiger partial charge in [-0.25, -0.2) is 0 Å². The molecule has 0 nitrogen and oxygen atoms in total. The van der Waals surface area contributed by atoms with Gasteiger partial charge in [-0.15, -0.1) is 0 Å². The van der Waals surface area contributed by atoms with E-state index in [1.165, 1.54) is 56.9 Å². The van der Waals surface area contributed by atoms with E-state index in [1.807, 2.05) is 11.0 Å². The molecule has 0 bridgehead atoms. The SMILES string of the molecule is CC(C(B(C(C)C(C)C)C(C)C(C)C)=C1CCCCCCCC1)c1ccccc1. The van der Waals surface area contributed by atoms with Crippen molar-refractivity contribution in [3.8, 4) is 0 Å². The lowest BCUT2D eigenvalue weighted by Crippen LogP contribution is -2.35. The first-order valence-electron chi connectivity index (χ1n) is 12.6. The molecule has 1 aliphatic carbocycles. The Morgan fingerprint density at radius 2 is 1.10 bits per heavy atom. The lowest BCUT2D eigenvalue weighted by molar-refractivity contribution is 0.560. The van der Waals surface area contributed by atoms with Crippen molar-refractivity contribution in [3.63, 3.8) is 0 Å².